The van der Waals surface area contributed by atoms with Crippen molar-refractivity contribution < 1.29 is 24.7 Å². The highest BCUT2D eigenvalue weighted by Crippen LogP contribution is 2.27. The van der Waals surface area contributed by atoms with E-state index < -0.39 is 34.6 Å². The molecule has 26 heavy (non-hydrogen) atoms. The first-order valence-electron chi connectivity index (χ1n) is 8.04. The first kappa shape index (κ1) is 26.5. The maximum absolute atomic E-state index is 12.6. The zero-order valence-electron chi connectivity index (χ0n) is 16.2. The predicted molar refractivity (Wildman–Crippen MR) is 102 cm³/mol. The number of amides is 3. The minimum Gasteiger partial charge on any atom is -0.382 e. The molecule has 150 valence electrons. The zero-order chi connectivity index (χ0) is 21.1. The van der Waals surface area contributed by atoms with Crippen LogP contribution >= 0.6 is 11.8 Å². The van der Waals surface area contributed by atoms with E-state index >= 15 is 0 Å². The van der Waals surface area contributed by atoms with Gasteiger partial charge in [0.2, 0.25) is 11.8 Å². The van der Waals surface area contributed by atoms with Crippen molar-refractivity contribution in [1.82, 2.24) is 16.1 Å². The molecule has 0 saturated carbocycles. The summed E-state index contributed by atoms with van der Waals surface area (Å²) < 4.78 is -0.595. The molecule has 9 heteroatoms. The number of hydrogen-bond acceptors (Lipinski definition) is 6. The van der Waals surface area contributed by atoms with Gasteiger partial charge in [0.25, 0.3) is 5.91 Å². The standard InChI is InChI=1S/C15H29N3O5S.C2H2/c1-8(2)7-9(10(19)13(21)18-23)12(20)17-11(14(22)16-5)15(3,4)24-6;1-2/h8-11,19,23H,7H2,1-6H3,(H,16,22)(H,17,20)(H,18,21);1-2H/t9-,10+,11?;/m1./s1. The Hall–Kier alpha value is -1.76. The van der Waals surface area contributed by atoms with E-state index in [2.05, 4.69) is 23.5 Å². The molecular weight excluding hydrogens is 358 g/mol. The molecule has 0 aromatic rings. The van der Waals surface area contributed by atoms with Gasteiger partial charge in [0.1, 0.15) is 12.1 Å². The molecule has 0 aromatic carbocycles. The van der Waals surface area contributed by atoms with E-state index in [9.17, 15) is 19.5 Å². The van der Waals surface area contributed by atoms with Crippen molar-refractivity contribution in [2.45, 2.75) is 51.0 Å². The first-order valence-corrected chi connectivity index (χ1v) is 9.26. The number of aliphatic hydroxyl groups is 1. The zero-order valence-corrected chi connectivity index (χ0v) is 17.0. The maximum Gasteiger partial charge on any atom is 0.272 e. The Balaban J connectivity index is 0. The third-order valence-electron chi connectivity index (χ3n) is 3.84. The number of aliphatic hydroxyl groups excluding tert-OH is 1. The molecule has 0 aliphatic carbocycles. The van der Waals surface area contributed by atoms with Crippen LogP contribution in [0.3, 0.4) is 0 Å². The number of rotatable bonds is 9. The minimum absolute atomic E-state index is 0.0221. The van der Waals surface area contributed by atoms with Gasteiger partial charge in [0.05, 0.1) is 5.92 Å². The van der Waals surface area contributed by atoms with Crippen LogP contribution in [0, 0.1) is 24.7 Å². The number of carbonyl (C=O) groups excluding carboxylic acids is 3. The summed E-state index contributed by atoms with van der Waals surface area (Å²) in [7, 11) is 1.47. The number of thioether (sulfide) groups is 1. The molecule has 0 spiro atoms. The highest BCUT2D eigenvalue weighted by atomic mass is 32.2. The van der Waals surface area contributed by atoms with Crippen LogP contribution in [0.15, 0.2) is 0 Å². The van der Waals surface area contributed by atoms with Crippen molar-refractivity contribution in [3.63, 3.8) is 0 Å². The van der Waals surface area contributed by atoms with Crippen LogP contribution in [0.2, 0.25) is 0 Å². The molecule has 0 bridgehead atoms. The van der Waals surface area contributed by atoms with Gasteiger partial charge in [0, 0.05) is 11.8 Å². The molecule has 0 aliphatic rings. The van der Waals surface area contributed by atoms with Crippen LogP contribution in [0.4, 0.5) is 0 Å². The maximum atomic E-state index is 12.6. The Morgan fingerprint density at radius 3 is 1.96 bits per heavy atom. The summed E-state index contributed by atoms with van der Waals surface area (Å²) in [6.07, 6.45) is 8.34. The Morgan fingerprint density at radius 1 is 1.12 bits per heavy atom. The summed E-state index contributed by atoms with van der Waals surface area (Å²) in [6, 6.07) is -0.843. The number of likely N-dealkylation sites (N-methyl/N-ethyl adjacent to an activating group) is 1. The van der Waals surface area contributed by atoms with Crippen molar-refractivity contribution in [3.05, 3.63) is 0 Å². The third kappa shape index (κ3) is 8.08. The third-order valence-corrected chi connectivity index (χ3v) is 5.13. The number of nitrogens with one attached hydrogen (secondary N) is 3. The van der Waals surface area contributed by atoms with E-state index in [1.165, 1.54) is 24.3 Å². The summed E-state index contributed by atoms with van der Waals surface area (Å²) in [5, 5.41) is 23.8. The second-order valence-corrected chi connectivity index (χ2v) is 7.98. The number of hydrogen-bond donors (Lipinski definition) is 5. The highest BCUT2D eigenvalue weighted by molar-refractivity contribution is 8.00. The lowest BCUT2D eigenvalue weighted by Crippen LogP contribution is -2.58. The van der Waals surface area contributed by atoms with Gasteiger partial charge in [-0.2, -0.15) is 11.8 Å². The van der Waals surface area contributed by atoms with E-state index in [0.717, 1.165) is 0 Å². The van der Waals surface area contributed by atoms with Crippen LogP contribution in [-0.2, 0) is 14.4 Å². The van der Waals surface area contributed by atoms with Crippen LogP contribution in [0.25, 0.3) is 0 Å². The van der Waals surface area contributed by atoms with Gasteiger partial charge in [-0.1, -0.05) is 13.8 Å². The smallest absolute Gasteiger partial charge is 0.272 e. The highest BCUT2D eigenvalue weighted by Gasteiger charge is 2.39. The Morgan fingerprint density at radius 2 is 1.62 bits per heavy atom. The summed E-state index contributed by atoms with van der Waals surface area (Å²) >= 11 is 1.41. The fourth-order valence-corrected chi connectivity index (χ4v) is 2.60. The average molecular weight is 390 g/mol. The van der Waals surface area contributed by atoms with E-state index in [-0.39, 0.29) is 18.2 Å². The minimum atomic E-state index is -1.71. The van der Waals surface area contributed by atoms with Crippen LogP contribution < -0.4 is 16.1 Å². The molecule has 5 N–H and O–H groups in total. The SMILES string of the molecule is C#C.CNC(=O)C(NC(=O)[C@H](CC(C)C)[C@H](O)C(=O)NO)C(C)(C)SC. The van der Waals surface area contributed by atoms with E-state index in [1.807, 2.05) is 34.0 Å². The van der Waals surface area contributed by atoms with Crippen LogP contribution in [-0.4, -0.2) is 58.2 Å². The van der Waals surface area contributed by atoms with Crippen molar-refractivity contribution >= 4 is 29.5 Å². The Bertz CT molecular complexity index is 494. The number of hydroxylamine groups is 1. The molecule has 3 atom stereocenters. The summed E-state index contributed by atoms with van der Waals surface area (Å²) in [6.45, 7) is 7.30. The number of carbonyl (C=O) groups is 3. The molecule has 0 aliphatic heterocycles. The van der Waals surface area contributed by atoms with Crippen LogP contribution in [0.5, 0.6) is 0 Å². The lowest BCUT2D eigenvalue weighted by atomic mass is 9.90. The fourth-order valence-electron chi connectivity index (χ4n) is 2.20. The van der Waals surface area contributed by atoms with Crippen LogP contribution in [0.1, 0.15) is 34.1 Å². The Labute approximate surface area is 159 Å². The second-order valence-electron chi connectivity index (χ2n) is 6.52. The summed E-state index contributed by atoms with van der Waals surface area (Å²) in [5.74, 6) is -3.10. The molecule has 0 radical (unpaired) electrons. The second kappa shape index (κ2) is 12.6. The monoisotopic (exact) mass is 389 g/mol. The van der Waals surface area contributed by atoms with E-state index in [1.54, 1.807) is 0 Å². The normalized spacial score (nSPS) is 14.3. The predicted octanol–water partition coefficient (Wildman–Crippen LogP) is 0.137. The molecule has 0 fully saturated rings. The van der Waals surface area contributed by atoms with Gasteiger partial charge in [0.15, 0.2) is 0 Å². The van der Waals surface area contributed by atoms with Crippen molar-refractivity contribution in [2.75, 3.05) is 13.3 Å². The molecule has 0 saturated heterocycles. The molecule has 3 amide bonds. The van der Waals surface area contributed by atoms with E-state index in [4.69, 9.17) is 5.21 Å². The van der Waals surface area contributed by atoms with Gasteiger partial charge >= 0.3 is 0 Å². The summed E-state index contributed by atoms with van der Waals surface area (Å²) in [4.78, 5) is 36.2. The Kier molecular flexibility index (Phi) is 12.8. The van der Waals surface area contributed by atoms with E-state index in [0.29, 0.717) is 0 Å². The molecule has 0 heterocycles. The van der Waals surface area contributed by atoms with Gasteiger partial charge in [-0.05, 0) is 32.4 Å². The average Bonchev–Trinajstić information content (AvgIpc) is 2.63. The molecule has 0 aromatic heterocycles. The largest absolute Gasteiger partial charge is 0.382 e. The van der Waals surface area contributed by atoms with Crippen molar-refractivity contribution in [1.29, 1.82) is 0 Å². The molecular formula is C17H31N3O5S. The summed E-state index contributed by atoms with van der Waals surface area (Å²) in [5.41, 5.74) is 1.35. The molecule has 0 rings (SSSR count). The van der Waals surface area contributed by atoms with Gasteiger partial charge < -0.3 is 15.7 Å². The lowest BCUT2D eigenvalue weighted by molar-refractivity contribution is -0.147. The quantitative estimate of drug-likeness (QED) is 0.217. The van der Waals surface area contributed by atoms with Crippen molar-refractivity contribution in [2.24, 2.45) is 11.8 Å². The van der Waals surface area contributed by atoms with Gasteiger partial charge in [-0.25, -0.2) is 5.48 Å². The fraction of sp³-hybridized carbons (Fsp3) is 0.706. The van der Waals surface area contributed by atoms with Gasteiger partial charge in [-0.15, -0.1) is 12.8 Å². The lowest BCUT2D eigenvalue weighted by Gasteiger charge is -2.33. The number of terminal acetylenes is 1. The van der Waals surface area contributed by atoms with Gasteiger partial charge in [-0.3, -0.25) is 19.6 Å². The molecule has 8 nitrogen and oxygen atoms in total. The topological polar surface area (TPSA) is 128 Å². The first-order chi connectivity index (χ1) is 12.0. The van der Waals surface area contributed by atoms with Crippen molar-refractivity contribution in [3.8, 4) is 12.8 Å². The molecule has 1 unspecified atom stereocenters.